The van der Waals surface area contributed by atoms with Gasteiger partial charge in [-0.1, -0.05) is 19.1 Å². The molecule has 0 unspecified atom stereocenters. The maximum atomic E-state index is 12.1. The third kappa shape index (κ3) is 4.91. The first kappa shape index (κ1) is 18.6. The number of benzene rings is 2. The molecule has 1 aliphatic rings. The number of carboxylic acid groups (broad SMARTS) is 1. The van der Waals surface area contributed by atoms with Crippen molar-refractivity contribution in [1.29, 1.82) is 0 Å². The summed E-state index contributed by atoms with van der Waals surface area (Å²) >= 11 is 0. The van der Waals surface area contributed by atoms with E-state index in [0.717, 1.165) is 17.8 Å². The van der Waals surface area contributed by atoms with Crippen molar-refractivity contribution in [3.05, 3.63) is 54.1 Å². The first-order valence-corrected chi connectivity index (χ1v) is 9.05. The van der Waals surface area contributed by atoms with Crippen LogP contribution in [0, 0.1) is 0 Å². The molecule has 142 valence electrons. The van der Waals surface area contributed by atoms with Gasteiger partial charge in [0.05, 0.1) is 0 Å². The number of hydrogen-bond donors (Lipinski definition) is 3. The van der Waals surface area contributed by atoms with Gasteiger partial charge in [0, 0.05) is 43.2 Å². The second kappa shape index (κ2) is 8.44. The summed E-state index contributed by atoms with van der Waals surface area (Å²) in [7, 11) is 0. The highest BCUT2D eigenvalue weighted by Crippen LogP contribution is 2.20. The zero-order valence-corrected chi connectivity index (χ0v) is 15.3. The van der Waals surface area contributed by atoms with Crippen LogP contribution in [-0.2, 0) is 6.42 Å². The van der Waals surface area contributed by atoms with Gasteiger partial charge in [0.15, 0.2) is 0 Å². The van der Waals surface area contributed by atoms with E-state index in [9.17, 15) is 9.59 Å². The van der Waals surface area contributed by atoms with E-state index in [-0.39, 0.29) is 6.03 Å². The lowest BCUT2D eigenvalue weighted by molar-refractivity contribution is 0.142. The molecule has 0 bridgehead atoms. The van der Waals surface area contributed by atoms with Crippen molar-refractivity contribution in [2.24, 2.45) is 0 Å². The molecular weight excluding hydrogens is 344 g/mol. The Bertz CT molecular complexity index is 782. The molecule has 7 nitrogen and oxygen atoms in total. The van der Waals surface area contributed by atoms with Crippen molar-refractivity contribution >= 4 is 29.2 Å². The highest BCUT2D eigenvalue weighted by Gasteiger charge is 2.20. The van der Waals surface area contributed by atoms with Gasteiger partial charge in [0.2, 0.25) is 0 Å². The normalized spacial score (nSPS) is 14.0. The maximum absolute atomic E-state index is 12.1. The first-order chi connectivity index (χ1) is 13.0. The van der Waals surface area contributed by atoms with E-state index in [1.807, 2.05) is 48.5 Å². The summed E-state index contributed by atoms with van der Waals surface area (Å²) in [4.78, 5) is 26.7. The van der Waals surface area contributed by atoms with Gasteiger partial charge in [-0.05, 0) is 48.4 Å². The van der Waals surface area contributed by atoms with E-state index in [1.165, 1.54) is 10.5 Å². The van der Waals surface area contributed by atoms with Crippen molar-refractivity contribution < 1.29 is 14.7 Å². The predicted octanol–water partition coefficient (Wildman–Crippen LogP) is 3.69. The quantitative estimate of drug-likeness (QED) is 0.768. The van der Waals surface area contributed by atoms with Gasteiger partial charge in [0.1, 0.15) is 0 Å². The molecular formula is C20H24N4O3. The molecule has 3 rings (SSSR count). The molecule has 0 saturated carbocycles. The van der Waals surface area contributed by atoms with Crippen molar-refractivity contribution in [1.82, 2.24) is 4.90 Å². The van der Waals surface area contributed by atoms with Gasteiger partial charge in [-0.3, -0.25) is 0 Å². The van der Waals surface area contributed by atoms with E-state index >= 15 is 0 Å². The van der Waals surface area contributed by atoms with Crippen LogP contribution in [0.25, 0.3) is 0 Å². The van der Waals surface area contributed by atoms with E-state index in [4.69, 9.17) is 5.11 Å². The Kier molecular flexibility index (Phi) is 5.80. The SMILES string of the molecule is CCc1ccc(NC(=O)Nc2ccc(N3CCN(C(=O)O)CC3)cc2)cc1. The Morgan fingerprint density at radius 1 is 0.889 bits per heavy atom. The molecule has 27 heavy (non-hydrogen) atoms. The van der Waals surface area contributed by atoms with Crippen molar-refractivity contribution in [2.45, 2.75) is 13.3 Å². The minimum atomic E-state index is -0.871. The summed E-state index contributed by atoms with van der Waals surface area (Å²) in [6.45, 7) is 4.40. The molecule has 1 aliphatic heterocycles. The van der Waals surface area contributed by atoms with Crippen LogP contribution in [0.4, 0.5) is 26.7 Å². The number of amides is 3. The van der Waals surface area contributed by atoms with Crippen LogP contribution in [0.2, 0.25) is 0 Å². The minimum absolute atomic E-state index is 0.290. The van der Waals surface area contributed by atoms with Gasteiger partial charge < -0.3 is 25.5 Å². The summed E-state index contributed by atoms with van der Waals surface area (Å²) in [6.07, 6.45) is 0.0917. The predicted molar refractivity (Wildman–Crippen MR) is 107 cm³/mol. The fourth-order valence-electron chi connectivity index (χ4n) is 3.03. The Balaban J connectivity index is 1.52. The molecule has 3 N–H and O–H groups in total. The van der Waals surface area contributed by atoms with E-state index in [1.54, 1.807) is 0 Å². The number of nitrogens with one attached hydrogen (secondary N) is 2. The number of aryl methyl sites for hydroxylation is 1. The fraction of sp³-hybridized carbons (Fsp3) is 0.300. The molecule has 0 aromatic heterocycles. The number of hydrogen-bond acceptors (Lipinski definition) is 3. The average Bonchev–Trinajstić information content (AvgIpc) is 2.69. The van der Waals surface area contributed by atoms with Gasteiger partial charge >= 0.3 is 12.1 Å². The molecule has 7 heteroatoms. The van der Waals surface area contributed by atoms with Crippen LogP contribution in [0.15, 0.2) is 48.5 Å². The zero-order chi connectivity index (χ0) is 19.2. The summed E-state index contributed by atoms with van der Waals surface area (Å²) < 4.78 is 0. The Hall–Kier alpha value is -3.22. The number of carbonyl (C=O) groups is 2. The Labute approximate surface area is 158 Å². The molecule has 0 aliphatic carbocycles. The van der Waals surface area contributed by atoms with E-state index < -0.39 is 6.09 Å². The van der Waals surface area contributed by atoms with Crippen LogP contribution in [-0.4, -0.2) is 48.3 Å². The third-order valence-electron chi connectivity index (χ3n) is 4.66. The van der Waals surface area contributed by atoms with E-state index in [2.05, 4.69) is 22.5 Å². The van der Waals surface area contributed by atoms with Gasteiger partial charge in [-0.15, -0.1) is 0 Å². The molecule has 2 aromatic rings. The van der Waals surface area contributed by atoms with Crippen LogP contribution >= 0.6 is 0 Å². The highest BCUT2D eigenvalue weighted by molar-refractivity contribution is 5.99. The Morgan fingerprint density at radius 2 is 1.41 bits per heavy atom. The number of nitrogens with zero attached hydrogens (tertiary/aromatic N) is 2. The van der Waals surface area contributed by atoms with Crippen molar-refractivity contribution in [2.75, 3.05) is 41.7 Å². The molecule has 0 radical (unpaired) electrons. The molecule has 0 atom stereocenters. The highest BCUT2D eigenvalue weighted by atomic mass is 16.4. The second-order valence-electron chi connectivity index (χ2n) is 6.43. The standard InChI is InChI=1S/C20H24N4O3/c1-2-15-3-5-16(6-4-15)21-19(25)22-17-7-9-18(10-8-17)23-11-13-24(14-12-23)20(26)27/h3-10H,2,11-14H2,1H3,(H,26,27)(H2,21,22,25). The molecule has 1 saturated heterocycles. The molecule has 3 amide bonds. The lowest BCUT2D eigenvalue weighted by Crippen LogP contribution is -2.48. The zero-order valence-electron chi connectivity index (χ0n) is 15.3. The first-order valence-electron chi connectivity index (χ1n) is 9.05. The summed E-state index contributed by atoms with van der Waals surface area (Å²) in [6, 6.07) is 15.0. The van der Waals surface area contributed by atoms with Crippen LogP contribution < -0.4 is 15.5 Å². The second-order valence-corrected chi connectivity index (χ2v) is 6.43. The molecule has 2 aromatic carbocycles. The Morgan fingerprint density at radius 3 is 1.89 bits per heavy atom. The number of carbonyl (C=O) groups excluding carboxylic acids is 1. The fourth-order valence-corrected chi connectivity index (χ4v) is 3.03. The third-order valence-corrected chi connectivity index (χ3v) is 4.66. The lowest BCUT2D eigenvalue weighted by atomic mass is 10.1. The van der Waals surface area contributed by atoms with Gasteiger partial charge in [-0.2, -0.15) is 0 Å². The van der Waals surface area contributed by atoms with Crippen molar-refractivity contribution in [3.8, 4) is 0 Å². The maximum Gasteiger partial charge on any atom is 0.407 e. The lowest BCUT2D eigenvalue weighted by Gasteiger charge is -2.34. The molecule has 0 spiro atoms. The topological polar surface area (TPSA) is 84.9 Å². The van der Waals surface area contributed by atoms with Gasteiger partial charge in [-0.25, -0.2) is 9.59 Å². The number of anilines is 3. The summed E-state index contributed by atoms with van der Waals surface area (Å²) in [5, 5.41) is 14.6. The van der Waals surface area contributed by atoms with Crippen molar-refractivity contribution in [3.63, 3.8) is 0 Å². The van der Waals surface area contributed by atoms with Gasteiger partial charge in [0.25, 0.3) is 0 Å². The minimum Gasteiger partial charge on any atom is -0.465 e. The van der Waals surface area contributed by atoms with Crippen LogP contribution in [0.1, 0.15) is 12.5 Å². The summed E-state index contributed by atoms with van der Waals surface area (Å²) in [5.41, 5.74) is 3.69. The smallest absolute Gasteiger partial charge is 0.407 e. The summed E-state index contributed by atoms with van der Waals surface area (Å²) in [5.74, 6) is 0. The van der Waals surface area contributed by atoms with E-state index in [0.29, 0.717) is 31.9 Å². The number of rotatable bonds is 4. The monoisotopic (exact) mass is 368 g/mol. The molecule has 1 fully saturated rings. The largest absolute Gasteiger partial charge is 0.465 e. The number of urea groups is 1. The molecule has 1 heterocycles. The van der Waals surface area contributed by atoms with Crippen LogP contribution in [0.3, 0.4) is 0 Å². The van der Waals surface area contributed by atoms with Crippen LogP contribution in [0.5, 0.6) is 0 Å². The average molecular weight is 368 g/mol. The number of piperazine rings is 1.